The van der Waals surface area contributed by atoms with Crippen LogP contribution in [-0.2, 0) is 4.79 Å². The molecule has 4 heteroatoms. The van der Waals surface area contributed by atoms with E-state index in [1.807, 2.05) is 29.2 Å². The minimum absolute atomic E-state index is 0.0278. The first-order valence-electron chi connectivity index (χ1n) is 11.7. The number of phenols is 1. The molecule has 2 rings (SSSR count). The number of carbonyl (C=O) groups is 1. The third kappa shape index (κ3) is 7.50. The Hall–Kier alpha value is -1.74. The fourth-order valence-electron chi connectivity index (χ4n) is 4.09. The number of rotatable bonds is 14. The number of unbranched alkanes of at least 4 members (excludes halogenated alkanes) is 11. The number of nitrogens with zero attached hydrogens (tertiary/aromatic N) is 1. The van der Waals surface area contributed by atoms with E-state index >= 15 is 0 Å². The topological polar surface area (TPSA) is 40.5 Å². The fraction of sp³-hybridized carbons (Fsp3) is 0.577. The Kier molecular flexibility index (Phi) is 11.1. The van der Waals surface area contributed by atoms with Gasteiger partial charge in [-0.2, -0.15) is 0 Å². The number of aromatic hydroxyl groups is 1. The Labute approximate surface area is 187 Å². The van der Waals surface area contributed by atoms with E-state index < -0.39 is 0 Å². The number of phenolic OH excluding ortho intramolecular Hbond substituents is 1. The van der Waals surface area contributed by atoms with Gasteiger partial charge in [-0.15, -0.1) is 0 Å². The smallest absolute Gasteiger partial charge is 0.223 e. The number of carbonyl (C=O) groups excluding carboxylic acids is 1. The highest BCUT2D eigenvalue weighted by Gasteiger charge is 2.16. The molecule has 0 aliphatic heterocycles. The average molecular weight is 432 g/mol. The summed E-state index contributed by atoms with van der Waals surface area (Å²) in [5.74, 6) is 0.102. The number of hydrogen-bond acceptors (Lipinski definition) is 2. The molecule has 0 bridgehead atoms. The van der Waals surface area contributed by atoms with E-state index in [9.17, 15) is 9.90 Å². The lowest BCUT2D eigenvalue weighted by molar-refractivity contribution is -0.116. The Morgan fingerprint density at radius 2 is 1.40 bits per heavy atom. The lowest BCUT2D eigenvalue weighted by Gasteiger charge is -2.23. The third-order valence-corrected chi connectivity index (χ3v) is 6.17. The van der Waals surface area contributed by atoms with E-state index in [0.717, 1.165) is 23.9 Å². The molecule has 30 heavy (non-hydrogen) atoms. The minimum Gasteiger partial charge on any atom is -0.506 e. The van der Waals surface area contributed by atoms with Crippen LogP contribution in [0.4, 0.5) is 5.69 Å². The van der Waals surface area contributed by atoms with Crippen LogP contribution in [0.3, 0.4) is 0 Å². The molecule has 2 aromatic carbocycles. The van der Waals surface area contributed by atoms with Crippen molar-refractivity contribution in [3.63, 3.8) is 0 Å². The van der Waals surface area contributed by atoms with Gasteiger partial charge in [0.1, 0.15) is 5.75 Å². The Bertz CT molecular complexity index is 790. The standard InChI is InChI=1S/C26H38ClNO2/c1-3-4-5-6-7-8-9-10-11-12-13-14-20-28(21(2)29)25-17-15-16-23-22(25)18-19-24(27)26(23)30/h15-19,30H,3-14,20H2,1-2H3. The number of anilines is 1. The molecule has 0 atom stereocenters. The number of amides is 1. The van der Waals surface area contributed by atoms with Gasteiger partial charge in [0.2, 0.25) is 5.91 Å². The maximum atomic E-state index is 12.3. The Balaban J connectivity index is 1.75. The highest BCUT2D eigenvalue weighted by atomic mass is 35.5. The van der Waals surface area contributed by atoms with Gasteiger partial charge < -0.3 is 10.0 Å². The van der Waals surface area contributed by atoms with Gasteiger partial charge >= 0.3 is 0 Å². The predicted molar refractivity (Wildman–Crippen MR) is 130 cm³/mol. The predicted octanol–water partition coefficient (Wildman–Crippen LogP) is 8.25. The van der Waals surface area contributed by atoms with Gasteiger partial charge in [-0.3, -0.25) is 4.79 Å². The van der Waals surface area contributed by atoms with Crippen LogP contribution in [-0.4, -0.2) is 17.6 Å². The first-order valence-corrected chi connectivity index (χ1v) is 12.1. The summed E-state index contributed by atoms with van der Waals surface area (Å²) < 4.78 is 0. The quantitative estimate of drug-likeness (QED) is 0.306. The van der Waals surface area contributed by atoms with Gasteiger partial charge in [0.25, 0.3) is 0 Å². The summed E-state index contributed by atoms with van der Waals surface area (Å²) >= 11 is 6.04. The molecular formula is C26H38ClNO2. The summed E-state index contributed by atoms with van der Waals surface area (Å²) in [6.07, 6.45) is 15.6. The van der Waals surface area contributed by atoms with Crippen molar-refractivity contribution in [2.24, 2.45) is 0 Å². The lowest BCUT2D eigenvalue weighted by Crippen LogP contribution is -2.29. The molecule has 0 aliphatic carbocycles. The van der Waals surface area contributed by atoms with Crippen LogP contribution in [0.15, 0.2) is 30.3 Å². The zero-order chi connectivity index (χ0) is 21.8. The molecule has 1 amide bonds. The molecule has 0 saturated heterocycles. The van der Waals surface area contributed by atoms with Crippen LogP contribution in [0.25, 0.3) is 10.8 Å². The molecule has 0 fully saturated rings. The molecule has 0 heterocycles. The van der Waals surface area contributed by atoms with Crippen LogP contribution >= 0.6 is 11.6 Å². The van der Waals surface area contributed by atoms with Crippen molar-refractivity contribution in [3.05, 3.63) is 35.4 Å². The number of fused-ring (bicyclic) bond motifs is 1. The second-order valence-electron chi connectivity index (χ2n) is 8.33. The van der Waals surface area contributed by atoms with Crippen LogP contribution in [0, 0.1) is 0 Å². The van der Waals surface area contributed by atoms with Gasteiger partial charge in [0.05, 0.1) is 10.7 Å². The highest BCUT2D eigenvalue weighted by Crippen LogP contribution is 2.37. The van der Waals surface area contributed by atoms with E-state index in [-0.39, 0.29) is 11.7 Å². The van der Waals surface area contributed by atoms with Crippen molar-refractivity contribution < 1.29 is 9.90 Å². The summed E-state index contributed by atoms with van der Waals surface area (Å²) in [5.41, 5.74) is 0.843. The minimum atomic E-state index is 0.0278. The number of benzene rings is 2. The molecule has 3 nitrogen and oxygen atoms in total. The molecular weight excluding hydrogens is 394 g/mol. The maximum absolute atomic E-state index is 12.3. The van der Waals surface area contributed by atoms with Crippen LogP contribution in [0.5, 0.6) is 5.75 Å². The number of halogens is 1. The van der Waals surface area contributed by atoms with Gasteiger partial charge in [-0.1, -0.05) is 107 Å². The summed E-state index contributed by atoms with van der Waals surface area (Å²) in [5, 5.41) is 12.1. The van der Waals surface area contributed by atoms with E-state index in [2.05, 4.69) is 6.92 Å². The summed E-state index contributed by atoms with van der Waals surface area (Å²) in [7, 11) is 0. The molecule has 1 N–H and O–H groups in total. The largest absolute Gasteiger partial charge is 0.506 e. The van der Waals surface area contributed by atoms with Crippen LogP contribution < -0.4 is 4.90 Å². The van der Waals surface area contributed by atoms with Crippen LogP contribution in [0.1, 0.15) is 90.9 Å². The van der Waals surface area contributed by atoms with Gasteiger partial charge in [-0.05, 0) is 18.6 Å². The Morgan fingerprint density at radius 3 is 1.97 bits per heavy atom. The first kappa shape index (κ1) is 24.5. The van der Waals surface area contributed by atoms with Gasteiger partial charge in [0.15, 0.2) is 0 Å². The third-order valence-electron chi connectivity index (χ3n) is 5.87. The van der Waals surface area contributed by atoms with E-state index in [4.69, 9.17) is 11.6 Å². The second kappa shape index (κ2) is 13.5. The van der Waals surface area contributed by atoms with Gasteiger partial charge in [-0.25, -0.2) is 0 Å². The average Bonchev–Trinajstić information content (AvgIpc) is 2.74. The zero-order valence-corrected chi connectivity index (χ0v) is 19.5. The fourth-order valence-corrected chi connectivity index (χ4v) is 4.26. The molecule has 0 radical (unpaired) electrons. The molecule has 0 saturated carbocycles. The maximum Gasteiger partial charge on any atom is 0.223 e. The van der Waals surface area contributed by atoms with E-state index in [1.165, 1.54) is 64.2 Å². The second-order valence-corrected chi connectivity index (χ2v) is 8.74. The van der Waals surface area contributed by atoms with Crippen molar-refractivity contribution in [3.8, 4) is 5.75 Å². The molecule has 0 unspecified atom stereocenters. The van der Waals surface area contributed by atoms with Crippen molar-refractivity contribution >= 4 is 34.0 Å². The number of hydrogen-bond donors (Lipinski definition) is 1. The van der Waals surface area contributed by atoms with Crippen LogP contribution in [0.2, 0.25) is 5.02 Å². The van der Waals surface area contributed by atoms with E-state index in [1.54, 1.807) is 13.0 Å². The monoisotopic (exact) mass is 431 g/mol. The molecule has 0 aliphatic rings. The summed E-state index contributed by atoms with van der Waals surface area (Å²) in [6, 6.07) is 9.21. The molecule has 166 valence electrons. The van der Waals surface area contributed by atoms with Crippen molar-refractivity contribution in [2.45, 2.75) is 90.9 Å². The van der Waals surface area contributed by atoms with Crippen molar-refractivity contribution in [2.75, 3.05) is 11.4 Å². The SMILES string of the molecule is CCCCCCCCCCCCCCN(C(C)=O)c1cccc2c(O)c(Cl)ccc12. The Morgan fingerprint density at radius 1 is 0.833 bits per heavy atom. The lowest BCUT2D eigenvalue weighted by atomic mass is 10.0. The normalized spacial score (nSPS) is 11.2. The molecule has 2 aromatic rings. The molecule has 0 aromatic heterocycles. The van der Waals surface area contributed by atoms with Crippen molar-refractivity contribution in [1.82, 2.24) is 0 Å². The van der Waals surface area contributed by atoms with Gasteiger partial charge in [0, 0.05) is 24.2 Å². The van der Waals surface area contributed by atoms with Crippen molar-refractivity contribution in [1.29, 1.82) is 0 Å². The summed E-state index contributed by atoms with van der Waals surface area (Å²) in [6.45, 7) is 4.57. The summed E-state index contributed by atoms with van der Waals surface area (Å²) in [4.78, 5) is 14.1. The molecule has 0 spiro atoms. The van der Waals surface area contributed by atoms with E-state index in [0.29, 0.717) is 17.0 Å². The zero-order valence-electron chi connectivity index (χ0n) is 18.8. The highest BCUT2D eigenvalue weighted by molar-refractivity contribution is 6.33. The first-order chi connectivity index (χ1) is 14.6.